The SMILES string of the molecule is Cc1cc(-c2ncnc3cc(-c4cocn4)ccc23)ccc1[Si](C)(C)C. The van der Waals surface area contributed by atoms with Crippen molar-refractivity contribution in [3.8, 4) is 22.5 Å². The highest BCUT2D eigenvalue weighted by Gasteiger charge is 2.19. The van der Waals surface area contributed by atoms with Gasteiger partial charge in [-0.1, -0.05) is 48.6 Å². The van der Waals surface area contributed by atoms with Crippen LogP contribution in [0.1, 0.15) is 5.56 Å². The van der Waals surface area contributed by atoms with Crippen LogP contribution in [0, 0.1) is 6.92 Å². The molecule has 0 aliphatic heterocycles. The van der Waals surface area contributed by atoms with Gasteiger partial charge in [0.25, 0.3) is 0 Å². The van der Waals surface area contributed by atoms with Crippen LogP contribution in [-0.2, 0) is 0 Å². The van der Waals surface area contributed by atoms with Gasteiger partial charge in [0.1, 0.15) is 18.3 Å². The molecule has 4 aromatic rings. The number of hydrogen-bond acceptors (Lipinski definition) is 4. The van der Waals surface area contributed by atoms with E-state index >= 15 is 0 Å². The average molecular weight is 360 g/mol. The number of benzene rings is 2. The Morgan fingerprint density at radius 2 is 1.69 bits per heavy atom. The zero-order valence-corrected chi connectivity index (χ0v) is 16.4. The first-order valence-electron chi connectivity index (χ1n) is 8.68. The highest BCUT2D eigenvalue weighted by Crippen LogP contribution is 2.29. The van der Waals surface area contributed by atoms with E-state index in [9.17, 15) is 0 Å². The second kappa shape index (κ2) is 6.18. The zero-order valence-electron chi connectivity index (χ0n) is 15.4. The molecule has 0 aliphatic rings. The molecule has 4 nitrogen and oxygen atoms in total. The third kappa shape index (κ3) is 2.95. The fourth-order valence-corrected chi connectivity index (χ4v) is 5.29. The van der Waals surface area contributed by atoms with Gasteiger partial charge >= 0.3 is 0 Å². The maximum absolute atomic E-state index is 5.09. The maximum atomic E-state index is 5.09. The third-order valence-electron chi connectivity index (χ3n) is 4.67. The van der Waals surface area contributed by atoms with E-state index in [0.717, 1.165) is 33.4 Å². The summed E-state index contributed by atoms with van der Waals surface area (Å²) in [5, 5.41) is 2.54. The highest BCUT2D eigenvalue weighted by atomic mass is 28.3. The van der Waals surface area contributed by atoms with Gasteiger partial charge < -0.3 is 4.42 Å². The van der Waals surface area contributed by atoms with Crippen molar-refractivity contribution in [2.75, 3.05) is 0 Å². The summed E-state index contributed by atoms with van der Waals surface area (Å²) >= 11 is 0. The molecule has 2 heterocycles. The number of rotatable bonds is 3. The summed E-state index contributed by atoms with van der Waals surface area (Å²) < 4.78 is 5.09. The summed E-state index contributed by atoms with van der Waals surface area (Å²) in [7, 11) is -1.34. The quantitative estimate of drug-likeness (QED) is 0.493. The molecule has 0 saturated carbocycles. The molecule has 2 aromatic heterocycles. The van der Waals surface area contributed by atoms with Crippen LogP contribution in [0.5, 0.6) is 0 Å². The Morgan fingerprint density at radius 3 is 2.38 bits per heavy atom. The van der Waals surface area contributed by atoms with E-state index in [2.05, 4.69) is 65.8 Å². The summed E-state index contributed by atoms with van der Waals surface area (Å²) in [6.07, 6.45) is 4.71. The van der Waals surface area contributed by atoms with Gasteiger partial charge in [-0.3, -0.25) is 0 Å². The Balaban J connectivity index is 1.83. The molecule has 5 heteroatoms. The molecule has 0 fully saturated rings. The normalized spacial score (nSPS) is 11.8. The lowest BCUT2D eigenvalue weighted by atomic mass is 10.0. The largest absolute Gasteiger partial charge is 0.451 e. The predicted octanol–water partition coefficient (Wildman–Crippen LogP) is 4.81. The van der Waals surface area contributed by atoms with Crippen LogP contribution in [0.25, 0.3) is 33.4 Å². The van der Waals surface area contributed by atoms with Gasteiger partial charge in [0.15, 0.2) is 6.39 Å². The Morgan fingerprint density at radius 1 is 0.885 bits per heavy atom. The summed E-state index contributed by atoms with van der Waals surface area (Å²) in [5.41, 5.74) is 6.14. The summed E-state index contributed by atoms with van der Waals surface area (Å²) in [4.78, 5) is 13.2. The van der Waals surface area contributed by atoms with Gasteiger partial charge in [0.05, 0.1) is 19.3 Å². The lowest BCUT2D eigenvalue weighted by molar-refractivity contribution is 0.558. The fourth-order valence-electron chi connectivity index (χ4n) is 3.45. The smallest absolute Gasteiger partial charge is 0.181 e. The van der Waals surface area contributed by atoms with Crippen molar-refractivity contribution in [1.29, 1.82) is 0 Å². The molecule has 0 amide bonds. The summed E-state index contributed by atoms with van der Waals surface area (Å²) in [6.45, 7) is 9.32. The maximum Gasteiger partial charge on any atom is 0.181 e. The average Bonchev–Trinajstić information content (AvgIpc) is 3.14. The van der Waals surface area contributed by atoms with Gasteiger partial charge in [0, 0.05) is 16.5 Å². The van der Waals surface area contributed by atoms with Gasteiger partial charge in [-0.15, -0.1) is 0 Å². The third-order valence-corrected chi connectivity index (χ3v) is 6.85. The first kappa shape index (κ1) is 16.7. The number of hydrogen-bond donors (Lipinski definition) is 0. The number of fused-ring (bicyclic) bond motifs is 1. The van der Waals surface area contributed by atoms with Crippen molar-refractivity contribution in [3.63, 3.8) is 0 Å². The molecule has 0 radical (unpaired) electrons. The van der Waals surface area contributed by atoms with Crippen LogP contribution in [-0.4, -0.2) is 23.0 Å². The fraction of sp³-hybridized carbons (Fsp3) is 0.190. The number of aromatic nitrogens is 3. The Labute approximate surface area is 154 Å². The van der Waals surface area contributed by atoms with Crippen LogP contribution in [0.15, 0.2) is 59.8 Å². The molecule has 4 rings (SSSR count). The lowest BCUT2D eigenvalue weighted by Crippen LogP contribution is -2.39. The Hall–Kier alpha value is -2.79. The van der Waals surface area contributed by atoms with Crippen LogP contribution >= 0.6 is 0 Å². The van der Waals surface area contributed by atoms with Gasteiger partial charge in [-0.05, 0) is 25.1 Å². The molecular weight excluding hydrogens is 338 g/mol. The lowest BCUT2D eigenvalue weighted by Gasteiger charge is -2.20. The standard InChI is InChI=1S/C21H21N3OSi/c1-14-9-16(6-8-20(14)26(2,3)4)21-17-7-5-15(19-11-25-13-24-19)10-18(17)22-12-23-21/h5-13H,1-4H3. The Bertz CT molecular complexity index is 1080. The van der Waals surface area contributed by atoms with Crippen molar-refractivity contribution in [2.24, 2.45) is 0 Å². The van der Waals surface area contributed by atoms with Crippen molar-refractivity contribution in [3.05, 3.63) is 60.9 Å². The molecule has 0 aliphatic carbocycles. The van der Waals surface area contributed by atoms with Crippen molar-refractivity contribution >= 4 is 24.2 Å². The molecule has 26 heavy (non-hydrogen) atoms. The monoisotopic (exact) mass is 359 g/mol. The molecule has 0 spiro atoms. The minimum atomic E-state index is -1.34. The minimum absolute atomic E-state index is 0.808. The zero-order chi connectivity index (χ0) is 18.3. The van der Waals surface area contributed by atoms with E-state index in [1.54, 1.807) is 12.6 Å². The van der Waals surface area contributed by atoms with Gasteiger partial charge in [0.2, 0.25) is 0 Å². The molecular formula is C21H21N3OSi. The number of aryl methyl sites for hydroxylation is 1. The summed E-state index contributed by atoms with van der Waals surface area (Å²) in [6, 6.07) is 12.8. The second-order valence-electron chi connectivity index (χ2n) is 7.61. The van der Waals surface area contributed by atoms with Crippen LogP contribution < -0.4 is 5.19 Å². The van der Waals surface area contributed by atoms with E-state index < -0.39 is 8.07 Å². The van der Waals surface area contributed by atoms with Crippen molar-refractivity contribution in [1.82, 2.24) is 15.0 Å². The van der Waals surface area contributed by atoms with E-state index in [1.165, 1.54) is 17.1 Å². The molecule has 0 N–H and O–H groups in total. The van der Waals surface area contributed by atoms with Crippen LogP contribution in [0.2, 0.25) is 19.6 Å². The van der Waals surface area contributed by atoms with E-state index in [4.69, 9.17) is 4.42 Å². The minimum Gasteiger partial charge on any atom is -0.451 e. The number of oxazole rings is 1. The first-order valence-corrected chi connectivity index (χ1v) is 12.2. The Kier molecular flexibility index (Phi) is 3.96. The first-order chi connectivity index (χ1) is 12.4. The van der Waals surface area contributed by atoms with Gasteiger partial charge in [-0.25, -0.2) is 15.0 Å². The summed E-state index contributed by atoms with van der Waals surface area (Å²) in [5.74, 6) is 0. The van der Waals surface area contributed by atoms with Crippen molar-refractivity contribution < 1.29 is 4.42 Å². The molecule has 130 valence electrons. The van der Waals surface area contributed by atoms with E-state index in [1.807, 2.05) is 12.1 Å². The molecule has 0 bridgehead atoms. The molecule has 0 unspecified atom stereocenters. The topological polar surface area (TPSA) is 51.8 Å². The van der Waals surface area contributed by atoms with Gasteiger partial charge in [-0.2, -0.15) is 0 Å². The number of nitrogens with zero attached hydrogens (tertiary/aromatic N) is 3. The van der Waals surface area contributed by atoms with Crippen molar-refractivity contribution in [2.45, 2.75) is 26.6 Å². The second-order valence-corrected chi connectivity index (χ2v) is 12.6. The molecule has 0 atom stereocenters. The van der Waals surface area contributed by atoms with E-state index in [-0.39, 0.29) is 0 Å². The van der Waals surface area contributed by atoms with Crippen LogP contribution in [0.3, 0.4) is 0 Å². The molecule has 2 aromatic carbocycles. The van der Waals surface area contributed by atoms with E-state index in [0.29, 0.717) is 0 Å². The highest BCUT2D eigenvalue weighted by molar-refractivity contribution is 6.89. The molecule has 0 saturated heterocycles. The van der Waals surface area contributed by atoms with Crippen LogP contribution in [0.4, 0.5) is 0 Å². The predicted molar refractivity (Wildman–Crippen MR) is 108 cm³/mol.